The Morgan fingerprint density at radius 2 is 0.477 bits per heavy atom. The minimum absolute atomic E-state index is 1.09. The quantitative estimate of drug-likeness (QED) is 0.0906. The zero-order chi connectivity index (χ0) is 58.1. The average molecular weight is 1140 g/mol. The number of rotatable bonds is 11. The Morgan fingerprint density at radius 1 is 0.159 bits per heavy atom. The fourth-order valence-electron chi connectivity index (χ4n) is 14.4. The molecule has 0 aliphatic rings. The van der Waals surface area contributed by atoms with E-state index in [1.54, 1.807) is 0 Å². The second kappa shape index (κ2) is 21.0. The molecular weight excluding hydrogens is 1080 g/mol. The van der Waals surface area contributed by atoms with Crippen LogP contribution in [-0.2, 0) is 0 Å². The Balaban J connectivity index is 0.900. The topological polar surface area (TPSA) is 14.8 Å². The van der Waals surface area contributed by atoms with Gasteiger partial charge in [0.1, 0.15) is 0 Å². The van der Waals surface area contributed by atoms with E-state index in [1.807, 2.05) is 0 Å². The Labute approximate surface area is 512 Å². The highest BCUT2D eigenvalue weighted by molar-refractivity contribution is 7.20. The summed E-state index contributed by atoms with van der Waals surface area (Å²) in [4.78, 5) is 0. The van der Waals surface area contributed by atoms with Gasteiger partial charge in [0.15, 0.2) is 8.07 Å². The predicted octanol–water partition coefficient (Wildman–Crippen LogP) is 19.0. The fourth-order valence-corrected chi connectivity index (χ4v) is 19.2. The van der Waals surface area contributed by atoms with Gasteiger partial charge in [-0.05, 0) is 138 Å². The van der Waals surface area contributed by atoms with Crippen LogP contribution in [0.25, 0.3) is 127 Å². The van der Waals surface area contributed by atoms with Crippen molar-refractivity contribution in [2.75, 3.05) is 0 Å². The van der Waals surface area contributed by atoms with E-state index in [0.717, 1.165) is 50.3 Å². The number of nitrogens with zero attached hydrogens (tertiary/aromatic N) is 3. The van der Waals surface area contributed by atoms with E-state index in [0.29, 0.717) is 0 Å². The molecule has 17 rings (SSSR count). The number of hydrogen-bond acceptors (Lipinski definition) is 0. The first-order chi connectivity index (χ1) is 43.6. The van der Waals surface area contributed by atoms with Gasteiger partial charge in [0.25, 0.3) is 0 Å². The summed E-state index contributed by atoms with van der Waals surface area (Å²) < 4.78 is 7.41. The van der Waals surface area contributed by atoms with Crippen molar-refractivity contribution in [3.8, 4) is 61.6 Å². The van der Waals surface area contributed by atoms with E-state index in [4.69, 9.17) is 0 Å². The molecule has 0 amide bonds. The van der Waals surface area contributed by atoms with Crippen LogP contribution >= 0.6 is 0 Å². The van der Waals surface area contributed by atoms with Gasteiger partial charge in [-0.15, -0.1) is 0 Å². The van der Waals surface area contributed by atoms with Crippen LogP contribution in [0.1, 0.15) is 0 Å². The van der Waals surface area contributed by atoms with Crippen LogP contribution in [0.15, 0.2) is 346 Å². The lowest BCUT2D eigenvalue weighted by molar-refractivity contribution is 1.13. The number of benzene rings is 14. The van der Waals surface area contributed by atoms with Crippen molar-refractivity contribution in [3.05, 3.63) is 346 Å². The third-order valence-electron chi connectivity index (χ3n) is 18.4. The summed E-state index contributed by atoms with van der Waals surface area (Å²) in [5.41, 5.74) is 19.8. The zero-order valence-electron chi connectivity index (χ0n) is 48.3. The molecule has 3 heterocycles. The van der Waals surface area contributed by atoms with E-state index in [9.17, 15) is 0 Å². The zero-order valence-corrected chi connectivity index (χ0v) is 49.3. The van der Waals surface area contributed by atoms with Gasteiger partial charge in [0.05, 0.1) is 33.1 Å². The molecule has 0 fully saturated rings. The minimum atomic E-state index is -3.08. The Hall–Kier alpha value is -11.3. The van der Waals surface area contributed by atoms with Crippen LogP contribution in [0.4, 0.5) is 0 Å². The summed E-state index contributed by atoms with van der Waals surface area (Å²) in [6.45, 7) is 0. The van der Waals surface area contributed by atoms with Crippen molar-refractivity contribution in [3.63, 3.8) is 0 Å². The van der Waals surface area contributed by atoms with Crippen LogP contribution in [0, 0.1) is 0 Å². The molecular formula is C84H57N3Si. The van der Waals surface area contributed by atoms with Crippen LogP contribution in [0.5, 0.6) is 0 Å². The first-order valence-corrected chi connectivity index (χ1v) is 32.4. The molecule has 0 spiro atoms. The average Bonchev–Trinajstić information content (AvgIpc) is 1.32. The SMILES string of the molecule is c1ccc(-c2cccc([Si](c3ccccc3)(c3ccc(-c4cc(-n5c6ccccc6c6cc(-c7ccccc7)ccc65)cc(-n5c6ccccc6c6cc(-n7c8ccccc8c8ccccc87)ccc65)c4)cc3)c3cccc(-c4ccccc4)c3)c2)cc1. The highest BCUT2D eigenvalue weighted by Crippen LogP contribution is 2.41. The number of hydrogen-bond donors (Lipinski definition) is 0. The standard InChI is InChI=1S/C84H57N3Si/c1-5-23-58(24-6-1)62-29-21-33-71(53-62)88(69-31-11-4-12-32-69,72-34-22-30-63(54-72)59-25-7-2-8-26-59)70-47-43-61(44-48-70)65-51-67(86-81-41-19-15-37-75(81)77-55-64(45-49-83(77)86)60-27-9-3-10-28-60)56-68(52-65)87-82-42-20-16-38-76(82)78-57-66(46-50-84(78)87)85-79-39-17-13-35-73(79)74-36-14-18-40-80(74)85/h1-57H. The molecule has 3 nitrogen and oxygen atoms in total. The monoisotopic (exact) mass is 1140 g/mol. The smallest absolute Gasteiger partial charge is 0.179 e. The number of aromatic nitrogens is 3. The number of para-hydroxylation sites is 4. The van der Waals surface area contributed by atoms with E-state index in [-0.39, 0.29) is 0 Å². The van der Waals surface area contributed by atoms with Gasteiger partial charge in [0.2, 0.25) is 0 Å². The summed E-state index contributed by atoms with van der Waals surface area (Å²) in [6, 6.07) is 129. The van der Waals surface area contributed by atoms with Gasteiger partial charge in [-0.25, -0.2) is 0 Å². The van der Waals surface area contributed by atoms with Gasteiger partial charge in [0, 0.05) is 49.4 Å². The lowest BCUT2D eigenvalue weighted by Gasteiger charge is -2.35. The normalized spacial score (nSPS) is 11.9. The van der Waals surface area contributed by atoms with Crippen molar-refractivity contribution >= 4 is 94.2 Å². The first-order valence-electron chi connectivity index (χ1n) is 30.4. The van der Waals surface area contributed by atoms with Gasteiger partial charge in [-0.3, -0.25) is 0 Å². The molecule has 0 aliphatic carbocycles. The maximum absolute atomic E-state index is 3.08. The van der Waals surface area contributed by atoms with Gasteiger partial charge >= 0.3 is 0 Å². The molecule has 0 unspecified atom stereocenters. The molecule has 0 saturated heterocycles. The third kappa shape index (κ3) is 8.33. The lowest BCUT2D eigenvalue weighted by Crippen LogP contribution is -2.74. The Morgan fingerprint density at radius 3 is 0.955 bits per heavy atom. The largest absolute Gasteiger partial charge is 0.309 e. The summed E-state index contributed by atoms with van der Waals surface area (Å²) >= 11 is 0. The van der Waals surface area contributed by atoms with E-state index in [1.165, 1.54) is 97.5 Å². The highest BCUT2D eigenvalue weighted by Gasteiger charge is 2.42. The number of fused-ring (bicyclic) bond motifs is 9. The molecule has 0 atom stereocenters. The van der Waals surface area contributed by atoms with E-state index >= 15 is 0 Å². The molecule has 0 radical (unpaired) electrons. The molecule has 3 aromatic heterocycles. The minimum Gasteiger partial charge on any atom is -0.309 e. The summed E-state index contributed by atoms with van der Waals surface area (Å²) in [5, 5.41) is 12.7. The molecule has 0 aliphatic heterocycles. The van der Waals surface area contributed by atoms with Gasteiger partial charge in [-0.2, -0.15) is 0 Å². The predicted molar refractivity (Wildman–Crippen MR) is 375 cm³/mol. The first kappa shape index (κ1) is 51.1. The third-order valence-corrected chi connectivity index (χ3v) is 23.1. The maximum Gasteiger partial charge on any atom is 0.179 e. The van der Waals surface area contributed by atoms with Crippen LogP contribution < -0.4 is 20.7 Å². The van der Waals surface area contributed by atoms with Crippen LogP contribution in [0.2, 0.25) is 0 Å². The van der Waals surface area contributed by atoms with Crippen LogP contribution in [0.3, 0.4) is 0 Å². The van der Waals surface area contributed by atoms with Gasteiger partial charge in [-0.1, -0.05) is 273 Å². The Kier molecular flexibility index (Phi) is 12.2. The Bertz CT molecular complexity index is 5350. The fraction of sp³-hybridized carbons (Fsp3) is 0. The van der Waals surface area contributed by atoms with Crippen molar-refractivity contribution in [2.24, 2.45) is 0 Å². The molecule has 0 saturated carbocycles. The molecule has 4 heteroatoms. The summed E-state index contributed by atoms with van der Waals surface area (Å²) in [7, 11) is -3.08. The summed E-state index contributed by atoms with van der Waals surface area (Å²) in [6.07, 6.45) is 0. The van der Waals surface area contributed by atoms with Crippen molar-refractivity contribution in [2.45, 2.75) is 0 Å². The van der Waals surface area contributed by atoms with E-state index in [2.05, 4.69) is 359 Å². The molecule has 412 valence electrons. The van der Waals surface area contributed by atoms with Crippen LogP contribution in [-0.4, -0.2) is 21.8 Å². The second-order valence-electron chi connectivity index (χ2n) is 23.2. The van der Waals surface area contributed by atoms with E-state index < -0.39 is 8.07 Å². The summed E-state index contributed by atoms with van der Waals surface area (Å²) in [5.74, 6) is 0. The molecule has 88 heavy (non-hydrogen) atoms. The maximum atomic E-state index is 2.50. The molecule has 0 bridgehead atoms. The molecule has 0 N–H and O–H groups in total. The highest BCUT2D eigenvalue weighted by atomic mass is 28.3. The van der Waals surface area contributed by atoms with Crippen molar-refractivity contribution < 1.29 is 0 Å². The molecule has 14 aromatic carbocycles. The second-order valence-corrected chi connectivity index (χ2v) is 27.0. The van der Waals surface area contributed by atoms with Crippen molar-refractivity contribution in [1.29, 1.82) is 0 Å². The van der Waals surface area contributed by atoms with Crippen molar-refractivity contribution in [1.82, 2.24) is 13.7 Å². The molecule has 17 aromatic rings. The van der Waals surface area contributed by atoms with Gasteiger partial charge < -0.3 is 13.7 Å². The lowest BCUT2D eigenvalue weighted by atomic mass is 10.0.